The first-order valence-corrected chi connectivity index (χ1v) is 14.7. The molecule has 0 atom stereocenters. The average Bonchev–Trinajstić information content (AvgIpc) is 2.93. The van der Waals surface area contributed by atoms with Crippen molar-refractivity contribution in [1.29, 1.82) is 0 Å². The lowest BCUT2D eigenvalue weighted by molar-refractivity contribution is 0.262. The lowest BCUT2D eigenvalue weighted by Gasteiger charge is -2.11. The molecule has 0 aliphatic rings. The van der Waals surface area contributed by atoms with E-state index in [1.165, 1.54) is 48.5 Å². The number of sulfonamides is 2. The zero-order valence-corrected chi connectivity index (χ0v) is 22.5. The normalized spacial score (nSPS) is 12.1. The van der Waals surface area contributed by atoms with E-state index in [9.17, 15) is 21.6 Å². The Morgan fingerprint density at radius 2 is 1.50 bits per heavy atom. The molecule has 14 heteroatoms. The molecular formula is C26H25N7O5S2. The van der Waals surface area contributed by atoms with Gasteiger partial charge in [-0.3, -0.25) is 4.98 Å². The Kier molecular flexibility index (Phi) is 8.55. The van der Waals surface area contributed by atoms with E-state index in [-0.39, 0.29) is 22.2 Å². The first kappa shape index (κ1) is 28.4. The molecule has 4 rings (SSSR count). The molecule has 4 aromatic rings. The second-order valence-electron chi connectivity index (χ2n) is 8.41. The zero-order chi connectivity index (χ0) is 28.8. The van der Waals surface area contributed by atoms with Crippen molar-refractivity contribution in [2.24, 2.45) is 15.9 Å². The van der Waals surface area contributed by atoms with Crippen LogP contribution in [-0.4, -0.2) is 33.7 Å². The fourth-order valence-electron chi connectivity index (χ4n) is 3.45. The van der Waals surface area contributed by atoms with Gasteiger partial charge < -0.3 is 16.4 Å². The molecule has 0 saturated heterocycles. The number of amides is 2. The highest BCUT2D eigenvalue weighted by Crippen LogP contribution is 2.17. The number of nitrogens with two attached hydrogens (primary N) is 2. The minimum atomic E-state index is -3.87. The molecule has 12 nitrogen and oxygen atoms in total. The second-order valence-corrected chi connectivity index (χ2v) is 11.7. The van der Waals surface area contributed by atoms with Gasteiger partial charge in [-0.2, -0.15) is 0 Å². The van der Waals surface area contributed by atoms with Crippen LogP contribution in [0.15, 0.2) is 112 Å². The van der Waals surface area contributed by atoms with Crippen molar-refractivity contribution >= 4 is 49.0 Å². The molecule has 0 unspecified atom stereocenters. The number of aromatic nitrogens is 1. The monoisotopic (exact) mass is 579 g/mol. The third-order valence-corrected chi connectivity index (χ3v) is 7.80. The quantitative estimate of drug-likeness (QED) is 0.148. The number of amidine groups is 1. The Labute approximate surface area is 231 Å². The van der Waals surface area contributed by atoms with Gasteiger partial charge in [0.1, 0.15) is 5.84 Å². The van der Waals surface area contributed by atoms with Gasteiger partial charge in [0.2, 0.25) is 20.0 Å². The summed E-state index contributed by atoms with van der Waals surface area (Å²) in [5, 5.41) is 10.4. The van der Waals surface area contributed by atoms with Crippen molar-refractivity contribution < 1.29 is 21.6 Å². The number of carbonyl (C=O) groups excluding carboxylic acids is 1. The number of anilines is 2. The lowest BCUT2D eigenvalue weighted by Crippen LogP contribution is -2.23. The number of hydrogen-bond acceptors (Lipinski definition) is 7. The summed E-state index contributed by atoms with van der Waals surface area (Å²) in [6.45, 7) is -0.0633. The van der Waals surface area contributed by atoms with Gasteiger partial charge in [-0.25, -0.2) is 36.5 Å². The molecule has 1 heterocycles. The van der Waals surface area contributed by atoms with Gasteiger partial charge in [-0.05, 0) is 66.2 Å². The fourth-order valence-corrected chi connectivity index (χ4v) is 4.98. The standard InChI is InChI=1S/C26H25N7O5S2/c27-25(31-22-5-2-14-29-17-22)19-3-1-4-21(15-19)33-26(34)32-20-8-12-24(13-9-20)40(37,38)30-16-18-6-10-23(11-7-18)39(28,35)36/h1-15,17,30H,16H2,(H2,27,31)(H2,28,35,36)(H2,32,33,34). The third kappa shape index (κ3) is 7.70. The molecule has 1 aromatic heterocycles. The van der Waals surface area contributed by atoms with E-state index in [0.717, 1.165) is 0 Å². The molecule has 0 aliphatic carbocycles. The van der Waals surface area contributed by atoms with Gasteiger partial charge >= 0.3 is 6.03 Å². The Morgan fingerprint density at radius 3 is 2.15 bits per heavy atom. The lowest BCUT2D eigenvalue weighted by atomic mass is 10.2. The van der Waals surface area contributed by atoms with Crippen LogP contribution < -0.4 is 26.2 Å². The molecule has 2 amide bonds. The number of urea groups is 1. The molecule has 206 valence electrons. The van der Waals surface area contributed by atoms with Crippen molar-refractivity contribution in [1.82, 2.24) is 9.71 Å². The van der Waals surface area contributed by atoms with Crippen LogP contribution in [0.1, 0.15) is 11.1 Å². The molecule has 0 fully saturated rings. The molecule has 0 radical (unpaired) electrons. The number of rotatable bonds is 9. The van der Waals surface area contributed by atoms with E-state index >= 15 is 0 Å². The van der Waals surface area contributed by atoms with Crippen LogP contribution >= 0.6 is 0 Å². The minimum Gasteiger partial charge on any atom is -0.383 e. The van der Waals surface area contributed by atoms with E-state index < -0.39 is 26.1 Å². The highest BCUT2D eigenvalue weighted by molar-refractivity contribution is 7.89. The van der Waals surface area contributed by atoms with Crippen molar-refractivity contribution in [3.63, 3.8) is 0 Å². The molecule has 3 aromatic carbocycles. The maximum atomic E-state index is 12.7. The summed E-state index contributed by atoms with van der Waals surface area (Å²) in [4.78, 5) is 20.7. The van der Waals surface area contributed by atoms with E-state index in [2.05, 4.69) is 25.3 Å². The fraction of sp³-hybridized carbons (Fsp3) is 0.0385. The molecule has 0 aliphatic heterocycles. The summed E-state index contributed by atoms with van der Waals surface area (Å²) in [7, 11) is -7.71. The average molecular weight is 580 g/mol. The number of benzene rings is 3. The highest BCUT2D eigenvalue weighted by atomic mass is 32.2. The molecule has 0 saturated carbocycles. The van der Waals surface area contributed by atoms with Crippen LogP contribution in [0, 0.1) is 0 Å². The van der Waals surface area contributed by atoms with Gasteiger partial charge in [-0.15, -0.1) is 0 Å². The van der Waals surface area contributed by atoms with E-state index in [0.29, 0.717) is 28.2 Å². The van der Waals surface area contributed by atoms with Crippen LogP contribution in [0.4, 0.5) is 21.9 Å². The molecule has 0 spiro atoms. The zero-order valence-electron chi connectivity index (χ0n) is 20.9. The summed E-state index contributed by atoms with van der Waals surface area (Å²) in [6.07, 6.45) is 3.21. The predicted octanol–water partition coefficient (Wildman–Crippen LogP) is 2.89. The number of aliphatic imine (C=N–C) groups is 1. The van der Waals surface area contributed by atoms with Gasteiger partial charge in [0.05, 0.1) is 21.7 Å². The third-order valence-electron chi connectivity index (χ3n) is 5.45. The maximum absolute atomic E-state index is 12.7. The van der Waals surface area contributed by atoms with Gasteiger partial charge in [-0.1, -0.05) is 24.3 Å². The summed E-state index contributed by atoms with van der Waals surface area (Å²) in [6, 6.07) is 20.9. The SMILES string of the molecule is NC(=Nc1cccnc1)c1cccc(NC(=O)Nc2ccc(S(=O)(=O)NCc3ccc(S(N)(=O)=O)cc3)cc2)c1. The summed E-state index contributed by atoms with van der Waals surface area (Å²) >= 11 is 0. The number of nitrogens with zero attached hydrogens (tertiary/aromatic N) is 2. The smallest absolute Gasteiger partial charge is 0.323 e. The summed E-state index contributed by atoms with van der Waals surface area (Å²) in [5.41, 5.74) is 8.66. The van der Waals surface area contributed by atoms with Crippen LogP contribution in [-0.2, 0) is 26.6 Å². The Morgan fingerprint density at radius 1 is 0.825 bits per heavy atom. The van der Waals surface area contributed by atoms with Crippen LogP contribution in [0.5, 0.6) is 0 Å². The number of primary sulfonamides is 1. The largest absolute Gasteiger partial charge is 0.383 e. The minimum absolute atomic E-state index is 0.0179. The predicted molar refractivity (Wildman–Crippen MR) is 152 cm³/mol. The summed E-state index contributed by atoms with van der Waals surface area (Å²) < 4.78 is 50.5. The van der Waals surface area contributed by atoms with E-state index in [4.69, 9.17) is 10.9 Å². The Bertz CT molecular complexity index is 1740. The van der Waals surface area contributed by atoms with Gasteiger partial charge in [0.15, 0.2) is 0 Å². The van der Waals surface area contributed by atoms with Crippen molar-refractivity contribution in [3.05, 3.63) is 108 Å². The van der Waals surface area contributed by atoms with Crippen molar-refractivity contribution in [2.75, 3.05) is 10.6 Å². The topological polar surface area (TPSA) is 199 Å². The van der Waals surface area contributed by atoms with Crippen LogP contribution in [0.3, 0.4) is 0 Å². The first-order valence-electron chi connectivity index (χ1n) is 11.6. The van der Waals surface area contributed by atoms with Crippen molar-refractivity contribution in [3.8, 4) is 0 Å². The molecule has 7 N–H and O–H groups in total. The van der Waals surface area contributed by atoms with Crippen LogP contribution in [0.25, 0.3) is 0 Å². The van der Waals surface area contributed by atoms with Gasteiger partial charge in [0, 0.05) is 29.7 Å². The maximum Gasteiger partial charge on any atom is 0.323 e. The molecule has 0 bridgehead atoms. The molecule has 40 heavy (non-hydrogen) atoms. The second kappa shape index (κ2) is 12.0. The highest BCUT2D eigenvalue weighted by Gasteiger charge is 2.15. The number of hydrogen-bond donors (Lipinski definition) is 5. The molecular weight excluding hydrogens is 554 g/mol. The first-order chi connectivity index (χ1) is 19.0. The number of nitrogens with one attached hydrogen (secondary N) is 3. The van der Waals surface area contributed by atoms with E-state index in [1.807, 2.05) is 0 Å². The number of carbonyl (C=O) groups is 1. The van der Waals surface area contributed by atoms with E-state index in [1.54, 1.807) is 48.8 Å². The van der Waals surface area contributed by atoms with Crippen LogP contribution in [0.2, 0.25) is 0 Å². The Balaban J connectivity index is 1.34. The number of pyridine rings is 1. The van der Waals surface area contributed by atoms with Crippen molar-refractivity contribution in [2.45, 2.75) is 16.3 Å². The summed E-state index contributed by atoms with van der Waals surface area (Å²) in [5.74, 6) is 0.253. The van der Waals surface area contributed by atoms with Gasteiger partial charge in [0.25, 0.3) is 0 Å². The Hall–Kier alpha value is -4.63.